The van der Waals surface area contributed by atoms with Gasteiger partial charge in [-0.15, -0.1) is 0 Å². The molecule has 4 rings (SSSR count). The average Bonchev–Trinajstić information content (AvgIpc) is 2.94. The lowest BCUT2D eigenvalue weighted by atomic mass is 10.2. The predicted molar refractivity (Wildman–Crippen MR) is 137 cm³/mol. The van der Waals surface area contributed by atoms with Gasteiger partial charge in [-0.25, -0.2) is 9.37 Å². The highest BCUT2D eigenvalue weighted by Crippen LogP contribution is 2.22. The molecule has 1 aromatic heterocycles. The summed E-state index contributed by atoms with van der Waals surface area (Å²) >= 11 is 0. The molecule has 3 aromatic rings. The predicted octanol–water partition coefficient (Wildman–Crippen LogP) is 3.90. The Labute approximate surface area is 209 Å². The van der Waals surface area contributed by atoms with Crippen LogP contribution in [0.1, 0.15) is 15.9 Å². The zero-order chi connectivity index (χ0) is 25.2. The molecule has 0 radical (unpaired) electrons. The van der Waals surface area contributed by atoms with Gasteiger partial charge in [0.2, 0.25) is 0 Å². The number of piperazine rings is 1. The zero-order valence-electron chi connectivity index (χ0n) is 19.9. The van der Waals surface area contributed by atoms with Gasteiger partial charge in [-0.3, -0.25) is 4.79 Å². The summed E-state index contributed by atoms with van der Waals surface area (Å²) in [4.78, 5) is 21.5. The molecule has 0 aliphatic carbocycles. The van der Waals surface area contributed by atoms with Gasteiger partial charge in [0.1, 0.15) is 30.9 Å². The Hall–Kier alpha value is -4.16. The lowest BCUT2D eigenvalue weighted by Crippen LogP contribution is -2.46. The summed E-state index contributed by atoms with van der Waals surface area (Å²) < 4.78 is 22.5. The summed E-state index contributed by atoms with van der Waals surface area (Å²) in [6.45, 7) is 3.56. The Kier molecular flexibility index (Phi) is 8.67. The van der Waals surface area contributed by atoms with Crippen LogP contribution in [0.15, 0.2) is 66.9 Å². The fourth-order valence-electron chi connectivity index (χ4n) is 3.87. The van der Waals surface area contributed by atoms with E-state index in [1.165, 1.54) is 0 Å². The molecule has 36 heavy (non-hydrogen) atoms. The maximum Gasteiger partial charge on any atom is 0.255 e. The molecule has 0 saturated carbocycles. The maximum atomic E-state index is 12.6. The van der Waals surface area contributed by atoms with Gasteiger partial charge in [0.15, 0.2) is 0 Å². The van der Waals surface area contributed by atoms with E-state index in [1.54, 1.807) is 36.5 Å². The van der Waals surface area contributed by atoms with Crippen molar-refractivity contribution in [2.24, 2.45) is 0 Å². The van der Waals surface area contributed by atoms with Crippen molar-refractivity contribution in [3.63, 3.8) is 0 Å². The van der Waals surface area contributed by atoms with Gasteiger partial charge in [0.05, 0.1) is 18.8 Å². The van der Waals surface area contributed by atoms with E-state index in [0.717, 1.165) is 43.4 Å². The molecule has 1 fully saturated rings. The second-order valence-electron chi connectivity index (χ2n) is 8.17. The molecule has 0 atom stereocenters. The SMILES string of the molecule is N#Cc1ccc(N2CCN(c3ccc(NC(=O)c4ccc(OCCOCCF)cc4)cc3)CC2)nc1. The molecule has 8 nitrogen and oxygen atoms in total. The van der Waals surface area contributed by atoms with E-state index in [-0.39, 0.29) is 12.5 Å². The number of carbonyl (C=O) groups is 1. The normalized spacial score (nSPS) is 13.2. The largest absolute Gasteiger partial charge is 0.491 e. The smallest absolute Gasteiger partial charge is 0.255 e. The first-order valence-electron chi connectivity index (χ1n) is 11.8. The van der Waals surface area contributed by atoms with Gasteiger partial charge in [0, 0.05) is 49.3 Å². The second-order valence-corrected chi connectivity index (χ2v) is 8.17. The number of benzene rings is 2. The third-order valence-corrected chi connectivity index (χ3v) is 5.81. The van der Waals surface area contributed by atoms with Crippen LogP contribution in [0.25, 0.3) is 0 Å². The van der Waals surface area contributed by atoms with Crippen LogP contribution in [0.4, 0.5) is 21.6 Å². The van der Waals surface area contributed by atoms with Crippen LogP contribution in [0.5, 0.6) is 5.75 Å². The van der Waals surface area contributed by atoms with Crippen LogP contribution in [0, 0.1) is 11.3 Å². The standard InChI is InChI=1S/C27H28FN5O3/c28-11-16-35-17-18-36-25-8-2-22(3-9-25)27(34)31-23-4-6-24(7-5-23)32-12-14-33(15-13-32)26-10-1-21(19-29)20-30-26/h1-10,20H,11-18H2,(H,31,34). The van der Waals surface area contributed by atoms with Crippen molar-refractivity contribution in [3.05, 3.63) is 78.0 Å². The van der Waals surface area contributed by atoms with E-state index < -0.39 is 6.67 Å². The lowest BCUT2D eigenvalue weighted by molar-refractivity contribution is 0.0897. The Bertz CT molecular complexity index is 1160. The van der Waals surface area contributed by atoms with Crippen LogP contribution in [0.2, 0.25) is 0 Å². The molecular weight excluding hydrogens is 461 g/mol. The van der Waals surface area contributed by atoms with Crippen LogP contribution in [0.3, 0.4) is 0 Å². The van der Waals surface area contributed by atoms with Gasteiger partial charge in [-0.2, -0.15) is 5.26 Å². The fourth-order valence-corrected chi connectivity index (χ4v) is 3.87. The molecule has 0 spiro atoms. The third kappa shape index (κ3) is 6.71. The average molecular weight is 490 g/mol. The fraction of sp³-hybridized carbons (Fsp3) is 0.296. The van der Waals surface area contributed by atoms with Crippen LogP contribution in [-0.2, 0) is 4.74 Å². The van der Waals surface area contributed by atoms with Gasteiger partial charge in [-0.05, 0) is 60.7 Å². The minimum atomic E-state index is -0.511. The number of carbonyl (C=O) groups excluding carboxylic acids is 1. The number of pyridine rings is 1. The number of rotatable bonds is 10. The van der Waals surface area contributed by atoms with Crippen molar-refractivity contribution in [2.45, 2.75) is 0 Å². The van der Waals surface area contributed by atoms with E-state index in [9.17, 15) is 9.18 Å². The Balaban J connectivity index is 1.24. The number of aromatic nitrogens is 1. The number of anilines is 3. The number of ether oxygens (including phenoxy) is 2. The van der Waals surface area contributed by atoms with E-state index >= 15 is 0 Å². The van der Waals surface area contributed by atoms with E-state index in [0.29, 0.717) is 30.1 Å². The molecule has 2 aromatic carbocycles. The minimum Gasteiger partial charge on any atom is -0.491 e. The molecule has 0 bridgehead atoms. The number of alkyl halides is 1. The topological polar surface area (TPSA) is 90.7 Å². The zero-order valence-corrected chi connectivity index (χ0v) is 19.9. The van der Waals surface area contributed by atoms with Gasteiger partial charge in [0.25, 0.3) is 5.91 Å². The molecule has 1 saturated heterocycles. The summed E-state index contributed by atoms with van der Waals surface area (Å²) in [5, 5.41) is 11.9. The first-order valence-corrected chi connectivity index (χ1v) is 11.8. The molecule has 9 heteroatoms. The molecular formula is C27H28FN5O3. The molecule has 1 amide bonds. The number of nitrogens with one attached hydrogen (secondary N) is 1. The summed E-state index contributed by atoms with van der Waals surface area (Å²) in [6.07, 6.45) is 1.60. The molecule has 1 aliphatic heterocycles. The Morgan fingerprint density at radius 1 is 0.944 bits per heavy atom. The highest BCUT2D eigenvalue weighted by atomic mass is 19.1. The number of amides is 1. The number of halogens is 1. The van der Waals surface area contributed by atoms with E-state index in [4.69, 9.17) is 14.7 Å². The molecule has 1 N–H and O–H groups in total. The van der Waals surface area contributed by atoms with Crippen molar-refractivity contribution in [1.82, 2.24) is 4.98 Å². The second kappa shape index (κ2) is 12.5. The van der Waals surface area contributed by atoms with Crippen LogP contribution < -0.4 is 19.9 Å². The van der Waals surface area contributed by atoms with E-state index in [2.05, 4.69) is 26.2 Å². The highest BCUT2D eigenvalue weighted by molar-refractivity contribution is 6.04. The summed E-state index contributed by atoms with van der Waals surface area (Å²) in [5.74, 6) is 1.30. The van der Waals surface area contributed by atoms with Crippen molar-refractivity contribution in [1.29, 1.82) is 5.26 Å². The summed E-state index contributed by atoms with van der Waals surface area (Å²) in [6, 6.07) is 20.4. The van der Waals surface area contributed by atoms with E-state index in [1.807, 2.05) is 30.3 Å². The lowest BCUT2D eigenvalue weighted by Gasteiger charge is -2.36. The quantitative estimate of drug-likeness (QED) is 0.432. The number of nitrogens with zero attached hydrogens (tertiary/aromatic N) is 4. The monoisotopic (exact) mass is 489 g/mol. The minimum absolute atomic E-state index is 0.0671. The van der Waals surface area contributed by atoms with Crippen molar-refractivity contribution in [2.75, 3.05) is 67.8 Å². The molecule has 0 unspecified atom stereocenters. The van der Waals surface area contributed by atoms with Crippen LogP contribution in [-0.4, -0.2) is 63.6 Å². The van der Waals surface area contributed by atoms with Crippen LogP contribution >= 0.6 is 0 Å². The molecule has 186 valence electrons. The first kappa shape index (κ1) is 24.9. The van der Waals surface area contributed by atoms with Gasteiger partial charge < -0.3 is 24.6 Å². The highest BCUT2D eigenvalue weighted by Gasteiger charge is 2.18. The number of hydrogen-bond acceptors (Lipinski definition) is 7. The Morgan fingerprint density at radius 2 is 1.67 bits per heavy atom. The first-order chi connectivity index (χ1) is 17.7. The van der Waals surface area contributed by atoms with Gasteiger partial charge in [-0.1, -0.05) is 0 Å². The number of nitriles is 1. The maximum absolute atomic E-state index is 12.6. The number of hydrogen-bond donors (Lipinski definition) is 1. The van der Waals surface area contributed by atoms with Crippen molar-refractivity contribution in [3.8, 4) is 11.8 Å². The van der Waals surface area contributed by atoms with Gasteiger partial charge >= 0.3 is 0 Å². The molecule has 2 heterocycles. The molecule has 1 aliphatic rings. The van der Waals surface area contributed by atoms with Crippen molar-refractivity contribution < 1.29 is 18.7 Å². The third-order valence-electron chi connectivity index (χ3n) is 5.81. The van der Waals surface area contributed by atoms with Crippen molar-refractivity contribution >= 4 is 23.1 Å². The summed E-state index contributed by atoms with van der Waals surface area (Å²) in [5.41, 5.74) is 2.89. The summed E-state index contributed by atoms with van der Waals surface area (Å²) in [7, 11) is 0. The Morgan fingerprint density at radius 3 is 2.31 bits per heavy atom.